The zero-order valence-corrected chi connectivity index (χ0v) is 16.4. The van der Waals surface area contributed by atoms with Crippen LogP contribution in [0.3, 0.4) is 0 Å². The van der Waals surface area contributed by atoms with Crippen molar-refractivity contribution in [2.45, 2.75) is 25.4 Å². The Kier molecular flexibility index (Phi) is 5.70. The van der Waals surface area contributed by atoms with Gasteiger partial charge in [0.25, 0.3) is 0 Å². The summed E-state index contributed by atoms with van der Waals surface area (Å²) in [5, 5.41) is 38.1. The van der Waals surface area contributed by atoms with Gasteiger partial charge in [0.05, 0.1) is 29.5 Å². The molecule has 1 N–H and O–H groups in total. The van der Waals surface area contributed by atoms with Gasteiger partial charge in [0, 0.05) is 24.9 Å². The maximum atomic E-state index is 13.8. The van der Waals surface area contributed by atoms with Crippen LogP contribution in [0.2, 0.25) is 0 Å². The zero-order chi connectivity index (χ0) is 22.1. The first-order valence-electron chi connectivity index (χ1n) is 9.64. The topological polar surface area (TPSA) is 98.5 Å². The van der Waals surface area contributed by atoms with Gasteiger partial charge in [0.2, 0.25) is 0 Å². The van der Waals surface area contributed by atoms with Gasteiger partial charge in [0.1, 0.15) is 5.92 Å². The van der Waals surface area contributed by atoms with Crippen molar-refractivity contribution in [2.24, 2.45) is 17.3 Å². The molecule has 1 aromatic rings. The van der Waals surface area contributed by atoms with E-state index in [1.807, 2.05) is 30.0 Å². The van der Waals surface area contributed by atoms with Gasteiger partial charge < -0.3 is 5.41 Å². The monoisotopic (exact) mass is 411 g/mol. The van der Waals surface area contributed by atoms with Crippen molar-refractivity contribution in [3.63, 3.8) is 0 Å². The summed E-state index contributed by atoms with van der Waals surface area (Å²) < 4.78 is 41.5. The maximum absolute atomic E-state index is 13.8. The molecule has 5 nitrogen and oxygen atoms in total. The standard InChI is InChI=1S/C22H20F3N5/c1-2-8-30-9-7-14-16(10-26)20(29)21(12-27,13-28)19(17(14)11-30)15-5-3-4-6-18(15)22(23,24)25/h3-7,16-17,19,29H,2,8-9,11H2,1H3/t16?,17-,19+/m1/s1. The SMILES string of the molecule is CCCN1CC=C2C(C#N)C(=N)C(C#N)(C#N)[C@@H](c3ccccc3C(F)(F)F)[C@@H]2C1. The number of nitrogens with one attached hydrogen (secondary N) is 1. The van der Waals surface area contributed by atoms with E-state index in [4.69, 9.17) is 5.41 Å². The van der Waals surface area contributed by atoms with E-state index in [2.05, 4.69) is 0 Å². The van der Waals surface area contributed by atoms with E-state index < -0.39 is 40.6 Å². The molecule has 1 saturated carbocycles. The number of nitriles is 3. The molecule has 0 saturated heterocycles. The Morgan fingerprint density at radius 3 is 2.43 bits per heavy atom. The first kappa shape index (κ1) is 21.6. The predicted molar refractivity (Wildman–Crippen MR) is 103 cm³/mol. The highest BCUT2D eigenvalue weighted by Crippen LogP contribution is 2.55. The number of fused-ring (bicyclic) bond motifs is 1. The second-order valence-corrected chi connectivity index (χ2v) is 7.64. The summed E-state index contributed by atoms with van der Waals surface area (Å²) in [5.74, 6) is -2.94. The van der Waals surface area contributed by atoms with Crippen LogP contribution in [0.4, 0.5) is 13.2 Å². The van der Waals surface area contributed by atoms with Gasteiger partial charge in [0.15, 0.2) is 5.41 Å². The van der Waals surface area contributed by atoms with Gasteiger partial charge in [-0.1, -0.05) is 31.2 Å². The van der Waals surface area contributed by atoms with E-state index in [1.165, 1.54) is 18.2 Å². The van der Waals surface area contributed by atoms with Crippen LogP contribution in [0.15, 0.2) is 35.9 Å². The lowest BCUT2D eigenvalue weighted by Crippen LogP contribution is -2.53. The fraction of sp³-hybridized carbons (Fsp3) is 0.455. The summed E-state index contributed by atoms with van der Waals surface area (Å²) in [6, 6.07) is 10.6. The van der Waals surface area contributed by atoms with Crippen LogP contribution >= 0.6 is 0 Å². The van der Waals surface area contributed by atoms with E-state index >= 15 is 0 Å². The third kappa shape index (κ3) is 3.26. The summed E-state index contributed by atoms with van der Waals surface area (Å²) in [4.78, 5) is 2.04. The summed E-state index contributed by atoms with van der Waals surface area (Å²) in [5.41, 5.74) is -3.15. The molecule has 0 radical (unpaired) electrons. The summed E-state index contributed by atoms with van der Waals surface area (Å²) in [6.07, 6.45) is -2.06. The number of rotatable bonds is 3. The van der Waals surface area contributed by atoms with Crippen molar-refractivity contribution < 1.29 is 13.2 Å². The fourth-order valence-electron chi connectivity index (χ4n) is 4.74. The highest BCUT2D eigenvalue weighted by molar-refractivity contribution is 6.00. The Labute approximate surface area is 173 Å². The van der Waals surface area contributed by atoms with Crippen molar-refractivity contribution in [3.8, 4) is 18.2 Å². The number of hydrogen-bond donors (Lipinski definition) is 1. The number of halogens is 3. The summed E-state index contributed by atoms with van der Waals surface area (Å²) >= 11 is 0. The molecule has 30 heavy (non-hydrogen) atoms. The largest absolute Gasteiger partial charge is 0.416 e. The second-order valence-electron chi connectivity index (χ2n) is 7.64. The van der Waals surface area contributed by atoms with E-state index in [1.54, 1.807) is 6.08 Å². The van der Waals surface area contributed by atoms with Crippen molar-refractivity contribution in [1.29, 1.82) is 21.2 Å². The van der Waals surface area contributed by atoms with Crippen LogP contribution in [-0.2, 0) is 6.18 Å². The molecule has 3 atom stereocenters. The van der Waals surface area contributed by atoms with Gasteiger partial charge in [-0.25, -0.2) is 0 Å². The lowest BCUT2D eigenvalue weighted by atomic mass is 9.54. The molecule has 1 fully saturated rings. The number of alkyl halides is 3. The van der Waals surface area contributed by atoms with Crippen molar-refractivity contribution in [2.75, 3.05) is 19.6 Å². The molecule has 0 spiro atoms. The average Bonchev–Trinajstić information content (AvgIpc) is 2.73. The van der Waals surface area contributed by atoms with Crippen LogP contribution in [0, 0.1) is 56.7 Å². The first-order valence-corrected chi connectivity index (χ1v) is 9.64. The molecular formula is C22H20F3N5. The molecule has 2 aliphatic rings. The third-order valence-electron chi connectivity index (χ3n) is 6.01. The Bertz CT molecular complexity index is 991. The molecule has 3 rings (SSSR count). The Morgan fingerprint density at radius 1 is 1.20 bits per heavy atom. The van der Waals surface area contributed by atoms with Gasteiger partial charge in [-0.2, -0.15) is 29.0 Å². The van der Waals surface area contributed by atoms with Crippen molar-refractivity contribution >= 4 is 5.71 Å². The Balaban J connectivity index is 2.30. The second kappa shape index (κ2) is 7.94. The molecule has 1 aliphatic carbocycles. The van der Waals surface area contributed by atoms with Crippen molar-refractivity contribution in [3.05, 3.63) is 47.0 Å². The minimum atomic E-state index is -4.68. The fourth-order valence-corrected chi connectivity index (χ4v) is 4.74. The maximum Gasteiger partial charge on any atom is 0.416 e. The van der Waals surface area contributed by atoms with Gasteiger partial charge in [-0.05, 0) is 30.2 Å². The number of benzene rings is 1. The molecule has 1 aliphatic heterocycles. The quantitative estimate of drug-likeness (QED) is 0.751. The number of hydrogen-bond acceptors (Lipinski definition) is 5. The summed E-state index contributed by atoms with van der Waals surface area (Å²) in [7, 11) is 0. The smallest absolute Gasteiger partial charge is 0.305 e. The molecule has 0 aromatic heterocycles. The minimum Gasteiger partial charge on any atom is -0.305 e. The molecule has 1 unspecified atom stereocenters. The van der Waals surface area contributed by atoms with Crippen molar-refractivity contribution in [1.82, 2.24) is 4.90 Å². The molecule has 8 heteroatoms. The van der Waals surface area contributed by atoms with Crippen LogP contribution in [0.1, 0.15) is 30.4 Å². The average molecular weight is 411 g/mol. The Morgan fingerprint density at radius 2 is 1.87 bits per heavy atom. The van der Waals surface area contributed by atoms with Crippen LogP contribution in [0.5, 0.6) is 0 Å². The highest BCUT2D eigenvalue weighted by Gasteiger charge is 2.59. The molecule has 0 amide bonds. The van der Waals surface area contributed by atoms with E-state index in [9.17, 15) is 29.0 Å². The first-order chi connectivity index (χ1) is 14.2. The Hall–Kier alpha value is -3.15. The van der Waals surface area contributed by atoms with E-state index in [-0.39, 0.29) is 5.56 Å². The van der Waals surface area contributed by atoms with Gasteiger partial charge >= 0.3 is 6.18 Å². The van der Waals surface area contributed by atoms with Crippen LogP contribution in [-0.4, -0.2) is 30.2 Å². The predicted octanol–water partition coefficient (Wildman–Crippen LogP) is 4.26. The molecule has 1 aromatic carbocycles. The highest BCUT2D eigenvalue weighted by atomic mass is 19.4. The normalized spacial score (nSPS) is 26.0. The lowest BCUT2D eigenvalue weighted by molar-refractivity contribution is -0.138. The third-order valence-corrected chi connectivity index (χ3v) is 6.01. The number of nitrogens with zero attached hydrogens (tertiary/aromatic N) is 4. The molecule has 154 valence electrons. The molecular weight excluding hydrogens is 391 g/mol. The van der Waals surface area contributed by atoms with E-state index in [0.717, 1.165) is 12.5 Å². The molecule has 1 heterocycles. The van der Waals surface area contributed by atoms with Crippen LogP contribution < -0.4 is 0 Å². The van der Waals surface area contributed by atoms with Gasteiger partial charge in [-0.15, -0.1) is 0 Å². The lowest BCUT2D eigenvalue weighted by Gasteiger charge is -2.48. The van der Waals surface area contributed by atoms with E-state index in [0.29, 0.717) is 25.2 Å². The molecule has 0 bridgehead atoms. The minimum absolute atomic E-state index is 0.177. The van der Waals surface area contributed by atoms with Crippen LogP contribution in [0.25, 0.3) is 0 Å². The summed E-state index contributed by atoms with van der Waals surface area (Å²) in [6.45, 7) is 3.53. The zero-order valence-electron chi connectivity index (χ0n) is 16.4. The van der Waals surface area contributed by atoms with Gasteiger partial charge in [-0.3, -0.25) is 4.90 Å².